The minimum absolute atomic E-state index is 0.192. The summed E-state index contributed by atoms with van der Waals surface area (Å²) in [5.74, 6) is -0.194. The number of aromatic amines is 1. The molecular formula is C15H21N5O2S2. The molecule has 2 aromatic heterocycles. The Balaban J connectivity index is 2.00. The third-order valence-corrected chi connectivity index (χ3v) is 5.18. The maximum Gasteiger partial charge on any atom is 0.251 e. The minimum atomic E-state index is -0.413. The lowest BCUT2D eigenvalue weighted by molar-refractivity contribution is -0.115. The van der Waals surface area contributed by atoms with Crippen LogP contribution in [0.2, 0.25) is 0 Å². The second-order valence-corrected chi connectivity index (χ2v) is 7.64. The maximum absolute atomic E-state index is 12.2. The first-order valence-corrected chi connectivity index (χ1v) is 9.61. The van der Waals surface area contributed by atoms with Crippen LogP contribution in [0.4, 0.5) is 5.13 Å². The zero-order valence-electron chi connectivity index (χ0n) is 14.0. The Morgan fingerprint density at radius 2 is 2.21 bits per heavy atom. The molecule has 1 atom stereocenters. The summed E-state index contributed by atoms with van der Waals surface area (Å²) >= 11 is 2.59. The van der Waals surface area contributed by atoms with Gasteiger partial charge in [0, 0.05) is 11.8 Å². The Hall–Kier alpha value is -1.74. The predicted molar refractivity (Wildman–Crippen MR) is 96.7 cm³/mol. The van der Waals surface area contributed by atoms with Crippen molar-refractivity contribution >= 4 is 34.1 Å². The Kier molecular flexibility index (Phi) is 6.92. The van der Waals surface area contributed by atoms with Crippen molar-refractivity contribution < 1.29 is 4.79 Å². The highest BCUT2D eigenvalue weighted by Gasteiger charge is 2.18. The Bertz CT molecular complexity index is 743. The molecule has 0 radical (unpaired) electrons. The normalized spacial score (nSPS) is 12.1. The van der Waals surface area contributed by atoms with Gasteiger partial charge in [0.25, 0.3) is 5.56 Å². The second kappa shape index (κ2) is 8.93. The lowest BCUT2D eigenvalue weighted by atomic mass is 10.2. The smallest absolute Gasteiger partial charge is 0.251 e. The second-order valence-electron chi connectivity index (χ2n) is 5.25. The minimum Gasteiger partial charge on any atom is -0.301 e. The van der Waals surface area contributed by atoms with Gasteiger partial charge in [-0.25, -0.2) is 4.98 Å². The highest BCUT2D eigenvalue weighted by atomic mass is 32.2. The Morgan fingerprint density at radius 3 is 2.88 bits per heavy atom. The van der Waals surface area contributed by atoms with Gasteiger partial charge in [-0.3, -0.25) is 14.9 Å². The number of hydrogen-bond donors (Lipinski definition) is 2. The highest BCUT2D eigenvalue weighted by Crippen LogP contribution is 2.22. The zero-order valence-corrected chi connectivity index (χ0v) is 15.6. The fraction of sp³-hybridized carbons (Fsp3) is 0.533. The molecule has 1 unspecified atom stereocenters. The third-order valence-electron chi connectivity index (χ3n) is 3.22. The van der Waals surface area contributed by atoms with E-state index in [1.807, 2.05) is 6.92 Å². The number of nitrogens with zero attached hydrogens (tertiary/aromatic N) is 3. The van der Waals surface area contributed by atoms with Crippen molar-refractivity contribution in [1.29, 1.82) is 0 Å². The molecule has 24 heavy (non-hydrogen) atoms. The summed E-state index contributed by atoms with van der Waals surface area (Å²) in [5, 5.41) is 12.1. The molecule has 0 aliphatic heterocycles. The number of carbonyl (C=O) groups is 1. The standard InChI is InChI=1S/C15H21N5O2S2/c1-4-6-7-10-8-11(21)17-14(16-10)23-9(3)13(22)18-15-20-19-12(5-2)24-15/h8-9H,4-7H2,1-3H3,(H,16,17,21)(H,18,20,22). The van der Waals surface area contributed by atoms with Crippen molar-refractivity contribution in [3.8, 4) is 0 Å². The molecule has 0 saturated heterocycles. The summed E-state index contributed by atoms with van der Waals surface area (Å²) in [5.41, 5.74) is 0.565. The van der Waals surface area contributed by atoms with Gasteiger partial charge in [0.15, 0.2) is 5.16 Å². The molecule has 0 aliphatic rings. The molecule has 0 spiro atoms. The summed E-state index contributed by atoms with van der Waals surface area (Å²) < 4.78 is 0. The predicted octanol–water partition coefficient (Wildman–Crippen LogP) is 2.65. The molecule has 0 fully saturated rings. The van der Waals surface area contributed by atoms with Gasteiger partial charge in [0.05, 0.1) is 5.25 Å². The number of rotatable bonds is 8. The highest BCUT2D eigenvalue weighted by molar-refractivity contribution is 8.00. The number of H-pyrrole nitrogens is 1. The number of nitrogens with one attached hydrogen (secondary N) is 2. The molecule has 2 aromatic rings. The lowest BCUT2D eigenvalue weighted by Gasteiger charge is -2.10. The summed E-state index contributed by atoms with van der Waals surface area (Å²) in [7, 11) is 0. The number of aromatic nitrogens is 4. The van der Waals surface area contributed by atoms with Gasteiger partial charge in [-0.1, -0.05) is 43.4 Å². The molecule has 2 rings (SSSR count). The molecule has 0 saturated carbocycles. The van der Waals surface area contributed by atoms with E-state index in [1.54, 1.807) is 6.92 Å². The molecule has 130 valence electrons. The number of unbranched alkanes of at least 4 members (excludes halogenated alkanes) is 1. The first-order chi connectivity index (χ1) is 11.5. The summed E-state index contributed by atoms with van der Waals surface area (Å²) in [4.78, 5) is 31.1. The average Bonchev–Trinajstić information content (AvgIpc) is 3.00. The number of hydrogen-bond acceptors (Lipinski definition) is 7. The van der Waals surface area contributed by atoms with Crippen LogP contribution in [0.1, 0.15) is 44.3 Å². The van der Waals surface area contributed by atoms with Crippen LogP contribution in [0.25, 0.3) is 0 Å². The van der Waals surface area contributed by atoms with Crippen molar-refractivity contribution in [2.75, 3.05) is 5.32 Å². The van der Waals surface area contributed by atoms with Crippen LogP contribution in [-0.4, -0.2) is 31.3 Å². The maximum atomic E-state index is 12.2. The first kappa shape index (κ1) is 18.6. The van der Waals surface area contributed by atoms with Gasteiger partial charge in [-0.15, -0.1) is 10.2 Å². The quantitative estimate of drug-likeness (QED) is 0.549. The SMILES string of the molecule is CCCCc1cc(=O)[nH]c(SC(C)C(=O)Nc2nnc(CC)s2)n1. The van der Waals surface area contributed by atoms with Gasteiger partial charge < -0.3 is 4.98 Å². The molecule has 1 amide bonds. The third kappa shape index (κ3) is 5.41. The summed E-state index contributed by atoms with van der Waals surface area (Å²) in [6, 6.07) is 1.51. The van der Waals surface area contributed by atoms with E-state index in [0.29, 0.717) is 10.3 Å². The Morgan fingerprint density at radius 1 is 1.42 bits per heavy atom. The van der Waals surface area contributed by atoms with Crippen LogP contribution in [0.5, 0.6) is 0 Å². The van der Waals surface area contributed by atoms with Gasteiger partial charge in [-0.2, -0.15) is 0 Å². The van der Waals surface area contributed by atoms with Crippen LogP contribution in [0.3, 0.4) is 0 Å². The molecule has 0 aromatic carbocycles. The van der Waals surface area contributed by atoms with E-state index in [2.05, 4.69) is 32.4 Å². The number of carbonyl (C=O) groups excluding carboxylic acids is 1. The number of amides is 1. The molecular weight excluding hydrogens is 346 g/mol. The van der Waals surface area contributed by atoms with Crippen LogP contribution in [0.15, 0.2) is 16.0 Å². The van der Waals surface area contributed by atoms with Crippen molar-refractivity contribution in [3.63, 3.8) is 0 Å². The van der Waals surface area contributed by atoms with E-state index >= 15 is 0 Å². The molecule has 2 N–H and O–H groups in total. The molecule has 0 aliphatic carbocycles. The van der Waals surface area contributed by atoms with Gasteiger partial charge in [-0.05, 0) is 26.2 Å². The molecule has 9 heteroatoms. The lowest BCUT2D eigenvalue weighted by Crippen LogP contribution is -2.23. The van der Waals surface area contributed by atoms with E-state index in [-0.39, 0.29) is 11.5 Å². The number of anilines is 1. The largest absolute Gasteiger partial charge is 0.301 e. The zero-order chi connectivity index (χ0) is 17.5. The fourth-order valence-corrected chi connectivity index (χ4v) is 3.41. The summed E-state index contributed by atoms with van der Waals surface area (Å²) in [6.07, 6.45) is 3.57. The van der Waals surface area contributed by atoms with Crippen LogP contribution in [0, 0.1) is 0 Å². The van der Waals surface area contributed by atoms with E-state index < -0.39 is 5.25 Å². The van der Waals surface area contributed by atoms with Crippen LogP contribution < -0.4 is 10.9 Å². The molecule has 0 bridgehead atoms. The van der Waals surface area contributed by atoms with Crippen LogP contribution >= 0.6 is 23.1 Å². The number of aryl methyl sites for hydroxylation is 2. The van der Waals surface area contributed by atoms with Crippen molar-refractivity contribution in [1.82, 2.24) is 20.2 Å². The van der Waals surface area contributed by atoms with Gasteiger partial charge in [0.2, 0.25) is 11.0 Å². The molecule has 2 heterocycles. The van der Waals surface area contributed by atoms with Crippen molar-refractivity contribution in [2.45, 2.75) is 56.9 Å². The average molecular weight is 368 g/mol. The van der Waals surface area contributed by atoms with Crippen molar-refractivity contribution in [2.24, 2.45) is 0 Å². The van der Waals surface area contributed by atoms with Gasteiger partial charge in [0.1, 0.15) is 5.01 Å². The molecule has 7 nitrogen and oxygen atoms in total. The first-order valence-electron chi connectivity index (χ1n) is 7.92. The van der Waals surface area contributed by atoms with Crippen molar-refractivity contribution in [3.05, 3.63) is 27.1 Å². The van der Waals surface area contributed by atoms with E-state index in [4.69, 9.17) is 0 Å². The van der Waals surface area contributed by atoms with Crippen LogP contribution in [-0.2, 0) is 17.6 Å². The van der Waals surface area contributed by atoms with Gasteiger partial charge >= 0.3 is 0 Å². The van der Waals surface area contributed by atoms with E-state index in [1.165, 1.54) is 29.2 Å². The fourth-order valence-electron chi connectivity index (χ4n) is 1.90. The topological polar surface area (TPSA) is 101 Å². The Labute approximate surface area is 148 Å². The monoisotopic (exact) mass is 367 g/mol. The van der Waals surface area contributed by atoms with E-state index in [9.17, 15) is 9.59 Å². The number of thioether (sulfide) groups is 1. The van der Waals surface area contributed by atoms with E-state index in [0.717, 1.165) is 36.4 Å². The summed E-state index contributed by atoms with van der Waals surface area (Å²) in [6.45, 7) is 5.84.